The van der Waals surface area contributed by atoms with Crippen LogP contribution in [-0.4, -0.2) is 37.7 Å². The summed E-state index contributed by atoms with van der Waals surface area (Å²) in [7, 11) is 0. The predicted octanol–water partition coefficient (Wildman–Crippen LogP) is 2.70. The van der Waals surface area contributed by atoms with Crippen LogP contribution in [0.3, 0.4) is 0 Å². The van der Waals surface area contributed by atoms with Crippen LogP contribution in [0.2, 0.25) is 0 Å². The van der Waals surface area contributed by atoms with Crippen LogP contribution in [0.4, 0.5) is 5.82 Å². The van der Waals surface area contributed by atoms with Crippen molar-refractivity contribution in [3.8, 4) is 21.9 Å². The quantitative estimate of drug-likeness (QED) is 0.448. The van der Waals surface area contributed by atoms with Gasteiger partial charge < -0.3 is 21.3 Å². The molecule has 0 saturated carbocycles. The van der Waals surface area contributed by atoms with Gasteiger partial charge in [-0.1, -0.05) is 0 Å². The van der Waals surface area contributed by atoms with Gasteiger partial charge in [0.25, 0.3) is 0 Å². The molecule has 128 valence electrons. The average molecular weight is 355 g/mol. The van der Waals surface area contributed by atoms with E-state index in [-0.39, 0.29) is 11.5 Å². The highest BCUT2D eigenvalue weighted by Crippen LogP contribution is 2.37. The summed E-state index contributed by atoms with van der Waals surface area (Å²) >= 11 is 1.53. The van der Waals surface area contributed by atoms with Gasteiger partial charge in [0.2, 0.25) is 0 Å². The summed E-state index contributed by atoms with van der Waals surface area (Å²) in [6, 6.07) is 6.49. The van der Waals surface area contributed by atoms with Gasteiger partial charge in [0.1, 0.15) is 21.8 Å². The van der Waals surface area contributed by atoms with E-state index in [9.17, 15) is 10.2 Å². The van der Waals surface area contributed by atoms with Gasteiger partial charge in [0.05, 0.1) is 0 Å². The molecule has 0 aliphatic carbocycles. The Morgan fingerprint density at radius 2 is 1.96 bits per heavy atom. The normalized spacial score (nSPS) is 11.4. The zero-order valence-electron chi connectivity index (χ0n) is 13.5. The highest BCUT2D eigenvalue weighted by atomic mass is 32.1. The molecule has 0 atom stereocenters. The fourth-order valence-electron chi connectivity index (χ4n) is 2.83. The Kier molecular flexibility index (Phi) is 3.70. The second-order valence-corrected chi connectivity index (χ2v) is 6.80. The van der Waals surface area contributed by atoms with E-state index < -0.39 is 0 Å². The SMILES string of the molecule is Cc1cnc2c(NCCN)nc3cc(-c4cc(O)cc(O)c4)sc3n12. The number of nitrogens with one attached hydrogen (secondary N) is 1. The van der Waals surface area contributed by atoms with Crippen molar-refractivity contribution in [1.82, 2.24) is 14.4 Å². The number of phenols is 2. The summed E-state index contributed by atoms with van der Waals surface area (Å²) in [5, 5.41) is 22.7. The van der Waals surface area contributed by atoms with Gasteiger partial charge in [0, 0.05) is 35.9 Å². The Morgan fingerprint density at radius 3 is 2.68 bits per heavy atom. The summed E-state index contributed by atoms with van der Waals surface area (Å²) in [5.41, 5.74) is 8.90. The zero-order chi connectivity index (χ0) is 17.6. The highest BCUT2D eigenvalue weighted by molar-refractivity contribution is 7.21. The number of aryl methyl sites for hydroxylation is 1. The molecule has 0 aliphatic heterocycles. The standard InChI is InChI=1S/C17H17N5O2S/c1-9-8-20-16-15(19-3-2-18)21-13-7-14(25-17(13)22(9)16)10-4-11(23)6-12(24)5-10/h4-8,23-24H,2-3,18H2,1H3,(H,19,21). The number of phenolic OH excluding ortho intramolecular Hbond substituents is 2. The number of hydrogen-bond acceptors (Lipinski definition) is 7. The molecule has 0 saturated heterocycles. The average Bonchev–Trinajstić information content (AvgIpc) is 3.15. The number of fused-ring (bicyclic) bond motifs is 3. The predicted molar refractivity (Wildman–Crippen MR) is 99.4 cm³/mol. The third-order valence-corrected chi connectivity index (χ3v) is 5.06. The van der Waals surface area contributed by atoms with Crippen LogP contribution in [0.15, 0.2) is 30.5 Å². The van der Waals surface area contributed by atoms with Crippen LogP contribution in [0, 0.1) is 6.92 Å². The van der Waals surface area contributed by atoms with Crippen molar-refractivity contribution in [3.05, 3.63) is 36.2 Å². The molecule has 3 heterocycles. The molecule has 0 fully saturated rings. The lowest BCUT2D eigenvalue weighted by Crippen LogP contribution is -2.14. The minimum Gasteiger partial charge on any atom is -0.508 e. The van der Waals surface area contributed by atoms with E-state index in [1.54, 1.807) is 12.1 Å². The molecule has 4 aromatic rings. The molecule has 0 spiro atoms. The Morgan fingerprint density at radius 1 is 1.20 bits per heavy atom. The maximum Gasteiger partial charge on any atom is 0.181 e. The first-order chi connectivity index (χ1) is 12.1. The third-order valence-electron chi connectivity index (χ3n) is 3.90. The van der Waals surface area contributed by atoms with Crippen molar-refractivity contribution in [2.24, 2.45) is 5.73 Å². The first kappa shape index (κ1) is 15.7. The Balaban J connectivity index is 1.95. The zero-order valence-corrected chi connectivity index (χ0v) is 14.3. The molecule has 3 aromatic heterocycles. The lowest BCUT2D eigenvalue weighted by atomic mass is 10.1. The Hall–Kier alpha value is -2.84. The van der Waals surface area contributed by atoms with Crippen LogP contribution < -0.4 is 11.1 Å². The van der Waals surface area contributed by atoms with E-state index in [1.807, 2.05) is 19.2 Å². The van der Waals surface area contributed by atoms with E-state index in [1.165, 1.54) is 17.4 Å². The summed E-state index contributed by atoms with van der Waals surface area (Å²) in [6.07, 6.45) is 1.81. The maximum atomic E-state index is 9.75. The minimum atomic E-state index is 0.0228. The number of hydrogen-bond donors (Lipinski definition) is 4. The Labute approximate surface area is 147 Å². The lowest BCUT2D eigenvalue weighted by molar-refractivity contribution is 0.451. The Bertz CT molecular complexity index is 1070. The van der Waals surface area contributed by atoms with Gasteiger partial charge >= 0.3 is 0 Å². The van der Waals surface area contributed by atoms with Gasteiger partial charge in [-0.2, -0.15) is 0 Å². The van der Waals surface area contributed by atoms with Crippen molar-refractivity contribution in [2.75, 3.05) is 18.4 Å². The van der Waals surface area contributed by atoms with E-state index in [0.29, 0.717) is 18.9 Å². The molecule has 1 aromatic carbocycles. The van der Waals surface area contributed by atoms with Gasteiger partial charge in [-0.05, 0) is 30.7 Å². The van der Waals surface area contributed by atoms with Crippen molar-refractivity contribution in [1.29, 1.82) is 0 Å². The van der Waals surface area contributed by atoms with Gasteiger partial charge in [-0.25, -0.2) is 9.97 Å². The molecular formula is C17H17N5O2S. The van der Waals surface area contributed by atoms with Gasteiger partial charge in [-0.3, -0.25) is 4.40 Å². The van der Waals surface area contributed by atoms with Crippen molar-refractivity contribution >= 4 is 33.1 Å². The van der Waals surface area contributed by atoms with Crippen molar-refractivity contribution in [3.63, 3.8) is 0 Å². The third kappa shape index (κ3) is 2.65. The van der Waals surface area contributed by atoms with Crippen molar-refractivity contribution < 1.29 is 10.2 Å². The fourth-order valence-corrected chi connectivity index (χ4v) is 3.98. The number of imidazole rings is 1. The smallest absolute Gasteiger partial charge is 0.181 e. The second-order valence-electron chi connectivity index (χ2n) is 5.77. The van der Waals surface area contributed by atoms with E-state index >= 15 is 0 Å². The first-order valence-corrected chi connectivity index (χ1v) is 8.63. The monoisotopic (exact) mass is 355 g/mol. The van der Waals surface area contributed by atoms with Crippen LogP contribution in [0.25, 0.3) is 26.4 Å². The number of nitrogens with two attached hydrogens (primary N) is 1. The summed E-state index contributed by atoms with van der Waals surface area (Å²) < 4.78 is 2.05. The largest absolute Gasteiger partial charge is 0.508 e. The number of rotatable bonds is 4. The number of anilines is 1. The molecule has 0 unspecified atom stereocenters. The second kappa shape index (κ2) is 5.91. The highest BCUT2D eigenvalue weighted by Gasteiger charge is 2.15. The van der Waals surface area contributed by atoms with Crippen LogP contribution in [0.1, 0.15) is 5.69 Å². The van der Waals surface area contributed by atoms with E-state index in [4.69, 9.17) is 5.73 Å². The molecule has 0 radical (unpaired) electrons. The molecule has 0 aliphatic rings. The number of thiophene rings is 1. The summed E-state index contributed by atoms with van der Waals surface area (Å²) in [4.78, 5) is 11.0. The van der Waals surface area contributed by atoms with E-state index in [2.05, 4.69) is 19.7 Å². The van der Waals surface area contributed by atoms with Crippen LogP contribution in [-0.2, 0) is 0 Å². The van der Waals surface area contributed by atoms with Gasteiger partial charge in [-0.15, -0.1) is 11.3 Å². The van der Waals surface area contributed by atoms with Crippen LogP contribution >= 0.6 is 11.3 Å². The van der Waals surface area contributed by atoms with Crippen molar-refractivity contribution in [2.45, 2.75) is 6.92 Å². The molecular weight excluding hydrogens is 338 g/mol. The molecule has 0 amide bonds. The number of aromatic hydroxyl groups is 2. The molecule has 0 bridgehead atoms. The topological polar surface area (TPSA) is 109 Å². The number of nitrogens with zero attached hydrogens (tertiary/aromatic N) is 3. The summed E-state index contributed by atoms with van der Waals surface area (Å²) in [5.74, 6) is 0.735. The molecule has 25 heavy (non-hydrogen) atoms. The molecule has 4 rings (SSSR count). The fraction of sp³-hybridized carbons (Fsp3) is 0.176. The first-order valence-electron chi connectivity index (χ1n) is 7.82. The molecule has 7 nitrogen and oxygen atoms in total. The van der Waals surface area contributed by atoms with E-state index in [0.717, 1.165) is 32.1 Å². The summed E-state index contributed by atoms with van der Waals surface area (Å²) in [6.45, 7) is 3.10. The molecule has 8 heteroatoms. The lowest BCUT2D eigenvalue weighted by Gasteiger charge is -2.07. The molecule has 5 N–H and O–H groups in total. The minimum absolute atomic E-state index is 0.0228. The maximum absolute atomic E-state index is 9.75. The van der Waals surface area contributed by atoms with Gasteiger partial charge in [0.15, 0.2) is 11.5 Å². The number of aromatic nitrogens is 3. The number of benzene rings is 1. The van der Waals surface area contributed by atoms with Crippen LogP contribution in [0.5, 0.6) is 11.5 Å².